The minimum Gasteiger partial charge on any atom is -0.338 e. The van der Waals surface area contributed by atoms with Crippen LogP contribution >= 0.6 is 0 Å². The quantitative estimate of drug-likeness (QED) is 0.242. The van der Waals surface area contributed by atoms with Crippen LogP contribution in [-0.4, -0.2) is 39.1 Å². The van der Waals surface area contributed by atoms with Gasteiger partial charge in [-0.25, -0.2) is 4.79 Å². The van der Waals surface area contributed by atoms with Gasteiger partial charge in [0.2, 0.25) is 0 Å². The highest BCUT2D eigenvalue weighted by Gasteiger charge is 2.20. The SMILES string of the molecule is O=C(NCCc1ccccc1)NC(c1ccc(C(=O)Nc2nn[nH]n2)cc1)c1ccc(C2CCCCC2)cc1. The molecule has 1 atom stereocenters. The molecule has 1 unspecified atom stereocenters. The highest BCUT2D eigenvalue weighted by molar-refractivity contribution is 6.03. The number of anilines is 1. The highest BCUT2D eigenvalue weighted by atomic mass is 16.2. The van der Waals surface area contributed by atoms with E-state index in [4.69, 9.17) is 0 Å². The van der Waals surface area contributed by atoms with E-state index in [9.17, 15) is 9.59 Å². The molecular weight excluding hydrogens is 490 g/mol. The lowest BCUT2D eigenvalue weighted by atomic mass is 9.83. The van der Waals surface area contributed by atoms with Crippen molar-refractivity contribution in [2.45, 2.75) is 50.5 Å². The van der Waals surface area contributed by atoms with Crippen molar-refractivity contribution in [3.8, 4) is 0 Å². The molecule has 9 nitrogen and oxygen atoms in total. The number of aromatic nitrogens is 4. The fourth-order valence-electron chi connectivity index (χ4n) is 5.12. The maximum atomic E-state index is 12.9. The minimum absolute atomic E-state index is 0.105. The van der Waals surface area contributed by atoms with Gasteiger partial charge in [-0.3, -0.25) is 10.1 Å². The molecule has 39 heavy (non-hydrogen) atoms. The number of hydrogen-bond acceptors (Lipinski definition) is 5. The number of tetrazole rings is 1. The van der Waals surface area contributed by atoms with Crippen LogP contribution in [0.25, 0.3) is 0 Å². The monoisotopic (exact) mass is 523 g/mol. The number of amides is 3. The highest BCUT2D eigenvalue weighted by Crippen LogP contribution is 2.33. The summed E-state index contributed by atoms with van der Waals surface area (Å²) in [7, 11) is 0. The van der Waals surface area contributed by atoms with Gasteiger partial charge in [0, 0.05) is 12.1 Å². The number of urea groups is 1. The molecule has 1 aliphatic carbocycles. The first kappa shape index (κ1) is 26.1. The molecule has 1 heterocycles. The summed E-state index contributed by atoms with van der Waals surface area (Å²) in [6, 6.07) is 25.2. The lowest BCUT2D eigenvalue weighted by Crippen LogP contribution is -2.39. The van der Waals surface area contributed by atoms with E-state index in [0.29, 0.717) is 18.0 Å². The second-order valence-electron chi connectivity index (χ2n) is 9.88. The first-order valence-corrected chi connectivity index (χ1v) is 13.5. The van der Waals surface area contributed by atoms with Gasteiger partial charge < -0.3 is 10.6 Å². The Morgan fingerprint density at radius 1 is 0.872 bits per heavy atom. The number of aromatic amines is 1. The Morgan fingerprint density at radius 2 is 1.56 bits per heavy atom. The van der Waals surface area contributed by atoms with Gasteiger partial charge in [-0.2, -0.15) is 5.21 Å². The van der Waals surface area contributed by atoms with E-state index in [1.807, 2.05) is 42.5 Å². The average molecular weight is 524 g/mol. The van der Waals surface area contributed by atoms with Gasteiger partial charge in [-0.05, 0) is 64.8 Å². The van der Waals surface area contributed by atoms with Crippen LogP contribution in [-0.2, 0) is 6.42 Å². The molecule has 1 fully saturated rings. The first-order valence-electron chi connectivity index (χ1n) is 13.5. The molecule has 0 aliphatic heterocycles. The van der Waals surface area contributed by atoms with E-state index in [1.165, 1.54) is 43.2 Å². The van der Waals surface area contributed by atoms with Crippen molar-refractivity contribution in [1.29, 1.82) is 0 Å². The van der Waals surface area contributed by atoms with Crippen LogP contribution in [0.5, 0.6) is 0 Å². The van der Waals surface area contributed by atoms with Crippen molar-refractivity contribution in [3.63, 3.8) is 0 Å². The van der Waals surface area contributed by atoms with Crippen molar-refractivity contribution in [1.82, 2.24) is 31.3 Å². The zero-order valence-corrected chi connectivity index (χ0v) is 21.8. The molecule has 1 saturated carbocycles. The number of benzene rings is 3. The van der Waals surface area contributed by atoms with Gasteiger partial charge in [-0.1, -0.05) is 91.1 Å². The third-order valence-corrected chi connectivity index (χ3v) is 7.24. The summed E-state index contributed by atoms with van der Waals surface area (Å²) in [5.74, 6) is 0.370. The van der Waals surface area contributed by atoms with Gasteiger partial charge in [0.15, 0.2) is 0 Å². The number of H-pyrrole nitrogens is 1. The molecule has 1 aromatic heterocycles. The van der Waals surface area contributed by atoms with Crippen LogP contribution in [0.3, 0.4) is 0 Å². The minimum atomic E-state index is -0.378. The standard InChI is InChI=1S/C30H33N7O2/c38-28(33-29-34-36-37-35-29)26-17-15-25(16-18-26)27(32-30(39)31-20-19-21-7-3-1-4-8-21)24-13-11-23(12-14-24)22-9-5-2-6-10-22/h1,3-4,7-8,11-18,22,27H,2,5-6,9-10,19-20H2,(H2,31,32,39)(H2,33,34,35,36,37,38). The smallest absolute Gasteiger partial charge is 0.315 e. The summed E-state index contributed by atoms with van der Waals surface area (Å²) in [4.78, 5) is 25.5. The van der Waals surface area contributed by atoms with Crippen LogP contribution in [0.1, 0.15) is 76.7 Å². The Labute approximate surface area is 227 Å². The van der Waals surface area contributed by atoms with E-state index in [2.05, 4.69) is 60.8 Å². The Hall–Kier alpha value is -4.53. The second kappa shape index (κ2) is 12.8. The Bertz CT molecular complexity index is 1330. The van der Waals surface area contributed by atoms with Crippen molar-refractivity contribution < 1.29 is 9.59 Å². The fourth-order valence-corrected chi connectivity index (χ4v) is 5.12. The van der Waals surface area contributed by atoms with Gasteiger partial charge in [0.05, 0.1) is 6.04 Å². The summed E-state index contributed by atoms with van der Waals surface area (Å²) in [5.41, 5.74) is 4.83. The van der Waals surface area contributed by atoms with Crippen LogP contribution in [0.2, 0.25) is 0 Å². The predicted octanol–water partition coefficient (Wildman–Crippen LogP) is 5.13. The summed E-state index contributed by atoms with van der Waals surface area (Å²) in [6.45, 7) is 0.526. The summed E-state index contributed by atoms with van der Waals surface area (Å²) >= 11 is 0. The molecule has 200 valence electrons. The van der Waals surface area contributed by atoms with Gasteiger partial charge in [0.1, 0.15) is 0 Å². The molecule has 0 spiro atoms. The number of carbonyl (C=O) groups is 2. The molecule has 0 saturated heterocycles. The topological polar surface area (TPSA) is 125 Å². The van der Waals surface area contributed by atoms with Crippen molar-refractivity contribution in [2.75, 3.05) is 11.9 Å². The number of rotatable bonds is 9. The van der Waals surface area contributed by atoms with E-state index >= 15 is 0 Å². The molecule has 3 amide bonds. The van der Waals surface area contributed by atoms with Gasteiger partial charge >= 0.3 is 6.03 Å². The molecular formula is C30H33N7O2. The van der Waals surface area contributed by atoms with Gasteiger partial charge in [-0.15, -0.1) is 5.10 Å². The number of carbonyl (C=O) groups excluding carboxylic acids is 2. The maximum absolute atomic E-state index is 12.9. The average Bonchev–Trinajstić information content (AvgIpc) is 3.50. The van der Waals surface area contributed by atoms with Crippen molar-refractivity contribution in [3.05, 3.63) is 107 Å². The molecule has 9 heteroatoms. The van der Waals surface area contributed by atoms with E-state index < -0.39 is 0 Å². The number of nitrogens with one attached hydrogen (secondary N) is 4. The fraction of sp³-hybridized carbons (Fsp3) is 0.300. The third kappa shape index (κ3) is 7.07. The van der Waals surface area contributed by atoms with Gasteiger partial charge in [0.25, 0.3) is 11.9 Å². The van der Waals surface area contributed by atoms with Crippen LogP contribution in [0, 0.1) is 0 Å². The molecule has 3 aromatic carbocycles. The van der Waals surface area contributed by atoms with Crippen LogP contribution in [0.4, 0.5) is 10.7 Å². The number of hydrogen-bond donors (Lipinski definition) is 4. The molecule has 0 bridgehead atoms. The first-order chi connectivity index (χ1) is 19.2. The third-order valence-electron chi connectivity index (χ3n) is 7.24. The normalized spacial score (nSPS) is 14.4. The van der Waals surface area contributed by atoms with E-state index in [1.54, 1.807) is 12.1 Å². The predicted molar refractivity (Wildman–Crippen MR) is 149 cm³/mol. The van der Waals surface area contributed by atoms with Crippen molar-refractivity contribution >= 4 is 17.9 Å². The zero-order chi connectivity index (χ0) is 26.9. The zero-order valence-electron chi connectivity index (χ0n) is 21.8. The lowest BCUT2D eigenvalue weighted by molar-refractivity contribution is 0.102. The van der Waals surface area contributed by atoms with Crippen LogP contribution in [0.15, 0.2) is 78.9 Å². The van der Waals surface area contributed by atoms with E-state index in [0.717, 1.165) is 17.5 Å². The maximum Gasteiger partial charge on any atom is 0.315 e. The molecule has 4 aromatic rings. The molecule has 0 radical (unpaired) electrons. The van der Waals surface area contributed by atoms with Crippen molar-refractivity contribution in [2.24, 2.45) is 0 Å². The second-order valence-corrected chi connectivity index (χ2v) is 9.88. The summed E-state index contributed by atoms with van der Waals surface area (Å²) in [5, 5.41) is 22.0. The van der Waals surface area contributed by atoms with E-state index in [-0.39, 0.29) is 23.9 Å². The Morgan fingerprint density at radius 3 is 2.23 bits per heavy atom. The molecule has 5 rings (SSSR count). The summed E-state index contributed by atoms with van der Waals surface area (Å²) in [6.07, 6.45) is 7.11. The lowest BCUT2D eigenvalue weighted by Gasteiger charge is -2.24. The Balaban J connectivity index is 1.30. The number of nitrogens with zero attached hydrogens (tertiary/aromatic N) is 3. The Kier molecular flexibility index (Phi) is 8.58. The molecule has 4 N–H and O–H groups in total. The summed E-state index contributed by atoms with van der Waals surface area (Å²) < 4.78 is 0. The molecule has 1 aliphatic rings. The van der Waals surface area contributed by atoms with Crippen LogP contribution < -0.4 is 16.0 Å². The largest absolute Gasteiger partial charge is 0.338 e.